The normalized spacial score (nSPS) is 17.8. The quantitative estimate of drug-likeness (QED) is 0.836. The number of nitrogens with zero attached hydrogens (tertiary/aromatic N) is 1. The van der Waals surface area contributed by atoms with Gasteiger partial charge in [0.05, 0.1) is 6.61 Å². The molecule has 0 N–H and O–H groups in total. The van der Waals surface area contributed by atoms with Crippen LogP contribution in [0.25, 0.3) is 0 Å². The van der Waals surface area contributed by atoms with Gasteiger partial charge in [0, 0.05) is 19.8 Å². The fourth-order valence-corrected chi connectivity index (χ4v) is 3.17. The molecule has 0 saturated heterocycles. The fourth-order valence-electron chi connectivity index (χ4n) is 3.17. The highest BCUT2D eigenvalue weighted by atomic mass is 16.5. The van der Waals surface area contributed by atoms with Crippen molar-refractivity contribution in [3.05, 3.63) is 59.7 Å². The number of fused-ring (bicyclic) bond motifs is 1. The van der Waals surface area contributed by atoms with Gasteiger partial charge in [-0.15, -0.1) is 0 Å². The van der Waals surface area contributed by atoms with E-state index in [1.54, 1.807) is 0 Å². The van der Waals surface area contributed by atoms with E-state index in [2.05, 4.69) is 67.5 Å². The second-order valence-corrected chi connectivity index (χ2v) is 6.42. The summed E-state index contributed by atoms with van der Waals surface area (Å²) < 4.78 is 6.01. The zero-order valence-electron chi connectivity index (χ0n) is 13.6. The number of hydrogen-bond donors (Lipinski definition) is 0. The number of ether oxygens (including phenoxy) is 1. The molecule has 2 aromatic rings. The van der Waals surface area contributed by atoms with E-state index >= 15 is 0 Å². The summed E-state index contributed by atoms with van der Waals surface area (Å²) in [6.07, 6.45) is 4.65. The van der Waals surface area contributed by atoms with Gasteiger partial charge in [0.15, 0.2) is 0 Å². The summed E-state index contributed by atoms with van der Waals surface area (Å²) in [6.45, 7) is 0.825. The van der Waals surface area contributed by atoms with Gasteiger partial charge in [0.2, 0.25) is 0 Å². The lowest BCUT2D eigenvalue weighted by molar-refractivity contribution is 0.257. The van der Waals surface area contributed by atoms with Crippen LogP contribution < -0.4 is 9.64 Å². The molecule has 2 nitrogen and oxygen atoms in total. The van der Waals surface area contributed by atoms with E-state index in [0.29, 0.717) is 5.92 Å². The molecule has 1 aliphatic rings. The van der Waals surface area contributed by atoms with Crippen LogP contribution in [0.3, 0.4) is 0 Å². The van der Waals surface area contributed by atoms with Gasteiger partial charge in [0.25, 0.3) is 0 Å². The minimum Gasteiger partial charge on any atom is -0.493 e. The van der Waals surface area contributed by atoms with Crippen molar-refractivity contribution < 1.29 is 4.74 Å². The first kappa shape index (κ1) is 15.0. The largest absolute Gasteiger partial charge is 0.493 e. The smallest absolute Gasteiger partial charge is 0.122 e. The topological polar surface area (TPSA) is 12.5 Å². The molecule has 1 aliphatic heterocycles. The second-order valence-electron chi connectivity index (χ2n) is 6.42. The van der Waals surface area contributed by atoms with Gasteiger partial charge in [-0.05, 0) is 60.9 Å². The maximum Gasteiger partial charge on any atom is 0.122 e. The molecule has 2 heteroatoms. The Morgan fingerprint density at radius 2 is 1.86 bits per heavy atom. The van der Waals surface area contributed by atoms with Crippen molar-refractivity contribution in [2.45, 2.75) is 25.7 Å². The highest BCUT2D eigenvalue weighted by Gasteiger charge is 2.16. The van der Waals surface area contributed by atoms with E-state index in [1.807, 2.05) is 0 Å². The van der Waals surface area contributed by atoms with Crippen LogP contribution in [0.1, 0.15) is 24.0 Å². The average Bonchev–Trinajstić information content (AvgIpc) is 2.51. The molecule has 1 heterocycles. The molecule has 1 unspecified atom stereocenters. The predicted octanol–water partition coefficient (Wildman–Crippen LogP) is 4.33. The van der Waals surface area contributed by atoms with Gasteiger partial charge in [-0.3, -0.25) is 0 Å². The number of benzene rings is 2. The molecule has 0 fully saturated rings. The first-order valence-electron chi connectivity index (χ1n) is 8.19. The van der Waals surface area contributed by atoms with Crippen molar-refractivity contribution in [1.82, 2.24) is 0 Å². The zero-order chi connectivity index (χ0) is 15.4. The van der Waals surface area contributed by atoms with Gasteiger partial charge in [-0.25, -0.2) is 0 Å². The molecule has 0 bridgehead atoms. The summed E-state index contributed by atoms with van der Waals surface area (Å²) in [5.74, 6) is 1.78. The molecule has 3 rings (SSSR count). The molecule has 2 aromatic carbocycles. The van der Waals surface area contributed by atoms with E-state index in [0.717, 1.165) is 31.6 Å². The van der Waals surface area contributed by atoms with Gasteiger partial charge in [-0.1, -0.05) is 30.3 Å². The maximum absolute atomic E-state index is 6.01. The Balaban J connectivity index is 1.71. The summed E-state index contributed by atoms with van der Waals surface area (Å²) in [6, 6.07) is 17.4. The molecule has 0 saturated carbocycles. The third-order valence-corrected chi connectivity index (χ3v) is 4.53. The number of aryl methyl sites for hydroxylation is 1. The van der Waals surface area contributed by atoms with Crippen molar-refractivity contribution in [2.75, 3.05) is 25.6 Å². The van der Waals surface area contributed by atoms with Crippen LogP contribution >= 0.6 is 0 Å². The SMILES string of the molecule is CN(C)c1ccc2c(c1)CCC(Cc1ccccc1)CCO2. The van der Waals surface area contributed by atoms with Gasteiger partial charge in [-0.2, -0.15) is 0 Å². The highest BCUT2D eigenvalue weighted by molar-refractivity contribution is 5.52. The first-order chi connectivity index (χ1) is 10.7. The Kier molecular flexibility index (Phi) is 4.67. The average molecular weight is 295 g/mol. The summed E-state index contributed by atoms with van der Waals surface area (Å²) in [7, 11) is 4.17. The molecule has 0 spiro atoms. The van der Waals surface area contributed by atoms with E-state index < -0.39 is 0 Å². The monoisotopic (exact) mass is 295 g/mol. The molecule has 0 aromatic heterocycles. The van der Waals surface area contributed by atoms with E-state index in [-0.39, 0.29) is 0 Å². The van der Waals surface area contributed by atoms with Crippen LogP contribution in [0.2, 0.25) is 0 Å². The lowest BCUT2D eigenvalue weighted by Crippen LogP contribution is -2.16. The lowest BCUT2D eigenvalue weighted by Gasteiger charge is -2.23. The fraction of sp³-hybridized carbons (Fsp3) is 0.400. The maximum atomic E-state index is 6.01. The Labute approximate surface area is 133 Å². The van der Waals surface area contributed by atoms with Crippen LogP contribution in [-0.4, -0.2) is 20.7 Å². The first-order valence-corrected chi connectivity index (χ1v) is 8.19. The Morgan fingerprint density at radius 1 is 1.05 bits per heavy atom. The molecule has 116 valence electrons. The molecule has 0 aliphatic carbocycles. The Morgan fingerprint density at radius 3 is 2.64 bits per heavy atom. The molecule has 0 amide bonds. The minimum atomic E-state index is 0.707. The van der Waals surface area contributed by atoms with Crippen LogP contribution in [0, 0.1) is 5.92 Å². The third kappa shape index (κ3) is 3.62. The highest BCUT2D eigenvalue weighted by Crippen LogP contribution is 2.30. The molecular formula is C20H25NO. The molecule has 1 atom stereocenters. The lowest BCUT2D eigenvalue weighted by atomic mass is 9.89. The summed E-state index contributed by atoms with van der Waals surface area (Å²) in [4.78, 5) is 2.15. The minimum absolute atomic E-state index is 0.707. The van der Waals surface area contributed by atoms with Gasteiger partial charge >= 0.3 is 0 Å². The van der Waals surface area contributed by atoms with E-state index in [1.165, 1.54) is 23.2 Å². The van der Waals surface area contributed by atoms with Crippen molar-refractivity contribution in [3.8, 4) is 5.75 Å². The third-order valence-electron chi connectivity index (χ3n) is 4.53. The second kappa shape index (κ2) is 6.87. The molecular weight excluding hydrogens is 270 g/mol. The summed E-state index contributed by atoms with van der Waals surface area (Å²) in [5.41, 5.74) is 4.04. The van der Waals surface area contributed by atoms with Gasteiger partial charge < -0.3 is 9.64 Å². The van der Waals surface area contributed by atoms with Crippen molar-refractivity contribution >= 4 is 5.69 Å². The number of rotatable bonds is 3. The van der Waals surface area contributed by atoms with Crippen molar-refractivity contribution in [3.63, 3.8) is 0 Å². The van der Waals surface area contributed by atoms with E-state index in [9.17, 15) is 0 Å². The van der Waals surface area contributed by atoms with Crippen LogP contribution in [0.15, 0.2) is 48.5 Å². The summed E-state index contributed by atoms with van der Waals surface area (Å²) in [5, 5.41) is 0. The number of hydrogen-bond acceptors (Lipinski definition) is 2. The van der Waals surface area contributed by atoms with Crippen LogP contribution in [0.4, 0.5) is 5.69 Å². The van der Waals surface area contributed by atoms with E-state index in [4.69, 9.17) is 4.74 Å². The van der Waals surface area contributed by atoms with Crippen molar-refractivity contribution in [2.24, 2.45) is 5.92 Å². The standard InChI is InChI=1S/C20H25NO/c1-21(2)19-10-11-20-18(15-19)9-8-17(12-13-22-20)14-16-6-4-3-5-7-16/h3-7,10-11,15,17H,8-9,12-14H2,1-2H3. The number of anilines is 1. The van der Waals surface area contributed by atoms with Gasteiger partial charge in [0.1, 0.15) is 5.75 Å². The predicted molar refractivity (Wildman–Crippen MR) is 92.8 cm³/mol. The zero-order valence-corrected chi connectivity index (χ0v) is 13.6. The van der Waals surface area contributed by atoms with Crippen molar-refractivity contribution in [1.29, 1.82) is 0 Å². The Bertz CT molecular complexity index is 606. The van der Waals surface area contributed by atoms with Crippen LogP contribution in [0.5, 0.6) is 5.75 Å². The molecule has 22 heavy (non-hydrogen) atoms. The molecule has 0 radical (unpaired) electrons. The summed E-state index contributed by atoms with van der Waals surface area (Å²) >= 11 is 0. The van der Waals surface area contributed by atoms with Crippen LogP contribution in [-0.2, 0) is 12.8 Å². The Hall–Kier alpha value is -1.96.